The van der Waals surface area contributed by atoms with E-state index >= 15 is 0 Å². The molecule has 1 aliphatic heterocycles. The standard InChI is InChI=1S/C9H14O/c1-2-5-9(4-1)6-3-7-8(9)10-7/h7-8H,1-6H2. The third kappa shape index (κ3) is 0.531. The van der Waals surface area contributed by atoms with Crippen LogP contribution in [0, 0.1) is 5.41 Å². The quantitative estimate of drug-likeness (QED) is 0.467. The molecule has 1 heteroatoms. The van der Waals surface area contributed by atoms with Gasteiger partial charge in [-0.15, -0.1) is 0 Å². The highest BCUT2D eigenvalue weighted by molar-refractivity contribution is 5.08. The van der Waals surface area contributed by atoms with Crippen LogP contribution in [0.2, 0.25) is 0 Å². The molecule has 0 N–H and O–H groups in total. The Morgan fingerprint density at radius 3 is 2.40 bits per heavy atom. The van der Waals surface area contributed by atoms with Gasteiger partial charge in [0, 0.05) is 0 Å². The summed E-state index contributed by atoms with van der Waals surface area (Å²) in [5, 5.41) is 0. The van der Waals surface area contributed by atoms with Gasteiger partial charge in [0.05, 0.1) is 12.2 Å². The molecule has 1 spiro atoms. The summed E-state index contributed by atoms with van der Waals surface area (Å²) in [4.78, 5) is 0. The normalized spacial score (nSPS) is 48.0. The van der Waals surface area contributed by atoms with Gasteiger partial charge in [-0.3, -0.25) is 0 Å². The SMILES string of the molecule is C1CCC2(C1)CCC1OC12. The first kappa shape index (κ1) is 5.59. The van der Waals surface area contributed by atoms with E-state index in [1.54, 1.807) is 0 Å². The average Bonchev–Trinajstić information content (AvgIpc) is 2.49. The van der Waals surface area contributed by atoms with Gasteiger partial charge in [0.25, 0.3) is 0 Å². The van der Waals surface area contributed by atoms with Crippen LogP contribution in [0.1, 0.15) is 38.5 Å². The Bertz CT molecular complexity index is 153. The predicted molar refractivity (Wildman–Crippen MR) is 38.8 cm³/mol. The van der Waals surface area contributed by atoms with E-state index in [-0.39, 0.29) is 0 Å². The van der Waals surface area contributed by atoms with Gasteiger partial charge < -0.3 is 4.74 Å². The lowest BCUT2D eigenvalue weighted by atomic mass is 9.84. The van der Waals surface area contributed by atoms with Crippen molar-refractivity contribution >= 4 is 0 Å². The van der Waals surface area contributed by atoms with Gasteiger partial charge in [-0.1, -0.05) is 12.8 Å². The van der Waals surface area contributed by atoms with Crippen LogP contribution < -0.4 is 0 Å². The van der Waals surface area contributed by atoms with Crippen molar-refractivity contribution in [1.29, 1.82) is 0 Å². The maximum atomic E-state index is 5.59. The summed E-state index contributed by atoms with van der Waals surface area (Å²) in [7, 11) is 0. The first-order valence-corrected chi connectivity index (χ1v) is 4.56. The van der Waals surface area contributed by atoms with E-state index in [2.05, 4.69) is 0 Å². The van der Waals surface area contributed by atoms with Crippen molar-refractivity contribution in [3.8, 4) is 0 Å². The molecule has 1 heterocycles. The van der Waals surface area contributed by atoms with Gasteiger partial charge in [0.2, 0.25) is 0 Å². The van der Waals surface area contributed by atoms with Crippen molar-refractivity contribution in [2.75, 3.05) is 0 Å². The molecular formula is C9H14O. The van der Waals surface area contributed by atoms with Crippen molar-refractivity contribution in [3.63, 3.8) is 0 Å². The van der Waals surface area contributed by atoms with Gasteiger partial charge in [0.15, 0.2) is 0 Å². The second kappa shape index (κ2) is 1.58. The Morgan fingerprint density at radius 2 is 1.90 bits per heavy atom. The molecule has 0 aromatic heterocycles. The summed E-state index contributed by atoms with van der Waals surface area (Å²) >= 11 is 0. The fourth-order valence-electron chi connectivity index (χ4n) is 3.09. The summed E-state index contributed by atoms with van der Waals surface area (Å²) in [5.74, 6) is 0. The van der Waals surface area contributed by atoms with Crippen LogP contribution in [0.25, 0.3) is 0 Å². The van der Waals surface area contributed by atoms with Gasteiger partial charge >= 0.3 is 0 Å². The number of epoxide rings is 1. The number of fused-ring (bicyclic) bond motifs is 2. The number of rotatable bonds is 0. The van der Waals surface area contributed by atoms with Crippen molar-refractivity contribution in [3.05, 3.63) is 0 Å². The summed E-state index contributed by atoms with van der Waals surface area (Å²) in [5.41, 5.74) is 0.699. The van der Waals surface area contributed by atoms with Gasteiger partial charge in [-0.2, -0.15) is 0 Å². The van der Waals surface area contributed by atoms with E-state index in [4.69, 9.17) is 4.74 Å². The van der Waals surface area contributed by atoms with Crippen LogP contribution >= 0.6 is 0 Å². The molecule has 1 nitrogen and oxygen atoms in total. The molecule has 0 radical (unpaired) electrons. The van der Waals surface area contributed by atoms with Gasteiger partial charge in [0.1, 0.15) is 0 Å². The molecule has 2 aliphatic carbocycles. The molecule has 3 fully saturated rings. The lowest BCUT2D eigenvalue weighted by Crippen LogP contribution is -2.19. The van der Waals surface area contributed by atoms with Crippen molar-refractivity contribution in [2.24, 2.45) is 5.41 Å². The highest BCUT2D eigenvalue weighted by Crippen LogP contribution is 2.59. The van der Waals surface area contributed by atoms with Crippen molar-refractivity contribution in [1.82, 2.24) is 0 Å². The highest BCUT2D eigenvalue weighted by Gasteiger charge is 2.60. The van der Waals surface area contributed by atoms with Crippen LogP contribution in [-0.4, -0.2) is 12.2 Å². The number of ether oxygens (including phenoxy) is 1. The van der Waals surface area contributed by atoms with Crippen LogP contribution in [0.4, 0.5) is 0 Å². The smallest absolute Gasteiger partial charge is 0.0897 e. The second-order valence-corrected chi connectivity index (χ2v) is 4.20. The maximum Gasteiger partial charge on any atom is 0.0897 e. The van der Waals surface area contributed by atoms with E-state index in [0.717, 1.165) is 6.10 Å². The third-order valence-electron chi connectivity index (χ3n) is 3.71. The van der Waals surface area contributed by atoms with E-state index < -0.39 is 0 Å². The first-order valence-electron chi connectivity index (χ1n) is 4.56. The molecule has 0 amide bonds. The minimum absolute atomic E-state index is 0.699. The summed E-state index contributed by atoms with van der Waals surface area (Å²) in [6, 6.07) is 0. The minimum Gasteiger partial charge on any atom is -0.369 e. The molecule has 2 saturated carbocycles. The Hall–Kier alpha value is -0.0400. The van der Waals surface area contributed by atoms with Crippen LogP contribution in [0.3, 0.4) is 0 Å². The molecule has 1 saturated heterocycles. The average molecular weight is 138 g/mol. The van der Waals surface area contributed by atoms with Crippen LogP contribution in [0.15, 0.2) is 0 Å². The van der Waals surface area contributed by atoms with E-state index in [1.165, 1.54) is 38.5 Å². The molecule has 0 aromatic rings. The molecule has 3 aliphatic rings. The Balaban J connectivity index is 1.89. The predicted octanol–water partition coefficient (Wildman–Crippen LogP) is 2.11. The Labute approximate surface area is 61.8 Å². The molecule has 10 heavy (non-hydrogen) atoms. The fraction of sp³-hybridized carbons (Fsp3) is 1.00. The van der Waals surface area contributed by atoms with Gasteiger partial charge in [-0.25, -0.2) is 0 Å². The lowest BCUT2D eigenvalue weighted by Gasteiger charge is -2.22. The molecule has 3 rings (SSSR count). The minimum atomic E-state index is 0.699. The summed E-state index contributed by atoms with van der Waals surface area (Å²) < 4.78 is 5.59. The fourth-order valence-corrected chi connectivity index (χ4v) is 3.09. The largest absolute Gasteiger partial charge is 0.369 e. The number of hydrogen-bond donors (Lipinski definition) is 0. The third-order valence-corrected chi connectivity index (χ3v) is 3.71. The molecule has 0 aromatic carbocycles. The Morgan fingerprint density at radius 1 is 1.10 bits per heavy atom. The van der Waals surface area contributed by atoms with Crippen LogP contribution in [-0.2, 0) is 4.74 Å². The Kier molecular flexibility index (Phi) is 0.883. The van der Waals surface area contributed by atoms with Gasteiger partial charge in [-0.05, 0) is 31.1 Å². The number of hydrogen-bond acceptors (Lipinski definition) is 1. The van der Waals surface area contributed by atoms with Crippen LogP contribution in [0.5, 0.6) is 0 Å². The van der Waals surface area contributed by atoms with E-state index in [0.29, 0.717) is 11.5 Å². The lowest BCUT2D eigenvalue weighted by molar-refractivity contribution is 0.167. The molecular weight excluding hydrogens is 124 g/mol. The maximum absolute atomic E-state index is 5.59. The first-order chi connectivity index (χ1) is 4.91. The summed E-state index contributed by atoms with van der Waals surface area (Å²) in [6.07, 6.45) is 10.1. The second-order valence-electron chi connectivity index (χ2n) is 4.20. The zero-order chi connectivity index (χ0) is 6.60. The van der Waals surface area contributed by atoms with Crippen molar-refractivity contribution in [2.45, 2.75) is 50.7 Å². The zero-order valence-electron chi connectivity index (χ0n) is 6.31. The summed E-state index contributed by atoms with van der Waals surface area (Å²) in [6.45, 7) is 0. The highest BCUT2D eigenvalue weighted by atomic mass is 16.6. The zero-order valence-corrected chi connectivity index (χ0v) is 6.31. The molecule has 2 unspecified atom stereocenters. The molecule has 0 bridgehead atoms. The molecule has 56 valence electrons. The topological polar surface area (TPSA) is 12.5 Å². The van der Waals surface area contributed by atoms with E-state index in [1.807, 2.05) is 0 Å². The van der Waals surface area contributed by atoms with Crippen molar-refractivity contribution < 1.29 is 4.74 Å². The molecule has 2 atom stereocenters. The van der Waals surface area contributed by atoms with E-state index in [9.17, 15) is 0 Å². The monoisotopic (exact) mass is 138 g/mol.